The first kappa shape index (κ1) is 17.8. The molecule has 1 N–H and O–H groups in total. The minimum Gasteiger partial charge on any atom is -0.390 e. The van der Waals surface area contributed by atoms with E-state index in [2.05, 4.69) is 31.8 Å². The Kier molecular flexibility index (Phi) is 6.98. The number of nitrogens with zero attached hydrogens (tertiary/aromatic N) is 4. The summed E-state index contributed by atoms with van der Waals surface area (Å²) in [6, 6.07) is 6.11. The second kappa shape index (κ2) is 9.44. The third-order valence-electron chi connectivity index (χ3n) is 4.92. The van der Waals surface area contributed by atoms with Crippen molar-refractivity contribution in [3.8, 4) is 0 Å². The normalized spacial score (nSPS) is 22.5. The molecule has 2 saturated heterocycles. The molecule has 2 aliphatic rings. The number of pyridine rings is 1. The first-order valence-corrected chi connectivity index (χ1v) is 9.12. The number of piperazine rings is 1. The summed E-state index contributed by atoms with van der Waals surface area (Å²) >= 11 is 0. The Morgan fingerprint density at radius 2 is 1.62 bits per heavy atom. The fraction of sp³-hybridized carbons (Fsp3) is 0.722. The molecule has 1 unspecified atom stereocenters. The molecular weight excluding hydrogens is 304 g/mol. The lowest BCUT2D eigenvalue weighted by molar-refractivity contribution is 0.00254. The van der Waals surface area contributed by atoms with Gasteiger partial charge < -0.3 is 14.7 Å². The van der Waals surface area contributed by atoms with Crippen molar-refractivity contribution in [1.82, 2.24) is 19.7 Å². The van der Waals surface area contributed by atoms with Gasteiger partial charge in [0.2, 0.25) is 0 Å². The van der Waals surface area contributed by atoms with Gasteiger partial charge in [0.15, 0.2) is 0 Å². The van der Waals surface area contributed by atoms with Crippen LogP contribution in [0.5, 0.6) is 0 Å². The summed E-state index contributed by atoms with van der Waals surface area (Å²) in [5.74, 6) is 0. The van der Waals surface area contributed by atoms with E-state index in [1.807, 2.05) is 12.3 Å². The van der Waals surface area contributed by atoms with Crippen molar-refractivity contribution in [2.75, 3.05) is 72.1 Å². The number of hydrogen-bond acceptors (Lipinski definition) is 6. The van der Waals surface area contributed by atoms with Gasteiger partial charge >= 0.3 is 0 Å². The van der Waals surface area contributed by atoms with Crippen molar-refractivity contribution in [3.05, 3.63) is 30.1 Å². The van der Waals surface area contributed by atoms with E-state index in [-0.39, 0.29) is 6.10 Å². The molecule has 2 fully saturated rings. The Balaban J connectivity index is 1.31. The maximum atomic E-state index is 10.3. The van der Waals surface area contributed by atoms with Crippen LogP contribution in [0.2, 0.25) is 0 Å². The molecule has 6 nitrogen and oxygen atoms in total. The van der Waals surface area contributed by atoms with Gasteiger partial charge in [0.05, 0.1) is 19.3 Å². The maximum Gasteiger partial charge on any atom is 0.0793 e. The second-order valence-electron chi connectivity index (χ2n) is 6.78. The molecule has 6 heteroatoms. The standard InChI is InChI=1S/C18H30N4O2/c23-18(16-22-11-13-24-14-12-22)15-21-9-7-20(8-10-21)6-4-17-3-1-2-5-19-17/h1-3,5,18,23H,4,6-16H2. The maximum absolute atomic E-state index is 10.3. The van der Waals surface area contributed by atoms with Crippen LogP contribution in [0.3, 0.4) is 0 Å². The van der Waals surface area contributed by atoms with Gasteiger partial charge in [0, 0.05) is 77.2 Å². The lowest BCUT2D eigenvalue weighted by atomic mass is 10.2. The molecule has 2 aliphatic heterocycles. The third kappa shape index (κ3) is 5.79. The van der Waals surface area contributed by atoms with Gasteiger partial charge in [-0.3, -0.25) is 14.8 Å². The average molecular weight is 334 g/mol. The SMILES string of the molecule is OC(CN1CCOCC1)CN1CCN(CCc2ccccn2)CC1. The van der Waals surface area contributed by atoms with Crippen LogP contribution in [-0.4, -0.2) is 103 Å². The molecule has 0 spiro atoms. The zero-order chi connectivity index (χ0) is 16.6. The van der Waals surface area contributed by atoms with Gasteiger partial charge in [-0.2, -0.15) is 0 Å². The quantitative estimate of drug-likeness (QED) is 0.754. The van der Waals surface area contributed by atoms with Crippen molar-refractivity contribution in [1.29, 1.82) is 0 Å². The molecule has 3 heterocycles. The van der Waals surface area contributed by atoms with Crippen LogP contribution in [0.1, 0.15) is 5.69 Å². The Labute approximate surface area is 145 Å². The van der Waals surface area contributed by atoms with Crippen LogP contribution in [0.15, 0.2) is 24.4 Å². The molecule has 1 aromatic heterocycles. The Morgan fingerprint density at radius 3 is 2.29 bits per heavy atom. The van der Waals surface area contributed by atoms with Crippen molar-refractivity contribution >= 4 is 0 Å². The summed E-state index contributed by atoms with van der Waals surface area (Å²) in [4.78, 5) is 11.6. The minimum atomic E-state index is -0.261. The largest absolute Gasteiger partial charge is 0.390 e. The zero-order valence-corrected chi connectivity index (χ0v) is 14.5. The number of ether oxygens (including phenoxy) is 1. The first-order valence-electron chi connectivity index (χ1n) is 9.12. The van der Waals surface area contributed by atoms with Crippen LogP contribution >= 0.6 is 0 Å². The van der Waals surface area contributed by atoms with Crippen LogP contribution in [0.4, 0.5) is 0 Å². The number of aliphatic hydroxyl groups is 1. The van der Waals surface area contributed by atoms with Gasteiger partial charge in [-0.25, -0.2) is 0 Å². The molecular formula is C18H30N4O2. The van der Waals surface area contributed by atoms with Crippen LogP contribution in [0.25, 0.3) is 0 Å². The summed E-state index contributed by atoms with van der Waals surface area (Å²) in [5.41, 5.74) is 1.17. The van der Waals surface area contributed by atoms with Crippen molar-refractivity contribution < 1.29 is 9.84 Å². The van der Waals surface area contributed by atoms with Crippen molar-refractivity contribution in [3.63, 3.8) is 0 Å². The molecule has 0 amide bonds. The zero-order valence-electron chi connectivity index (χ0n) is 14.5. The Bertz CT molecular complexity index is 459. The Morgan fingerprint density at radius 1 is 0.958 bits per heavy atom. The van der Waals surface area contributed by atoms with E-state index in [1.54, 1.807) is 0 Å². The highest BCUT2D eigenvalue weighted by Gasteiger charge is 2.21. The number of hydrogen-bond donors (Lipinski definition) is 1. The molecule has 0 saturated carbocycles. The van der Waals surface area contributed by atoms with Crippen LogP contribution < -0.4 is 0 Å². The minimum absolute atomic E-state index is 0.261. The predicted octanol–water partition coefficient (Wildman–Crippen LogP) is -0.0652. The number of morpholine rings is 1. The summed E-state index contributed by atoms with van der Waals surface area (Å²) in [6.45, 7) is 10.3. The summed E-state index contributed by atoms with van der Waals surface area (Å²) in [7, 11) is 0. The van der Waals surface area contributed by atoms with Crippen LogP contribution in [0, 0.1) is 0 Å². The molecule has 0 aliphatic carbocycles. The van der Waals surface area contributed by atoms with E-state index in [4.69, 9.17) is 4.74 Å². The van der Waals surface area contributed by atoms with Gasteiger partial charge in [0.25, 0.3) is 0 Å². The summed E-state index contributed by atoms with van der Waals surface area (Å²) in [6.07, 6.45) is 2.62. The molecule has 1 aromatic rings. The Hall–Kier alpha value is -1.05. The van der Waals surface area contributed by atoms with E-state index in [0.717, 1.165) is 78.5 Å². The van der Waals surface area contributed by atoms with Gasteiger partial charge in [0.1, 0.15) is 0 Å². The number of β-amino-alcohol motifs (C(OH)–C–C–N with tert-alkyl or cyclic N) is 1. The smallest absolute Gasteiger partial charge is 0.0793 e. The molecule has 24 heavy (non-hydrogen) atoms. The lowest BCUT2D eigenvalue weighted by Crippen LogP contribution is -2.51. The van der Waals surface area contributed by atoms with E-state index < -0.39 is 0 Å². The van der Waals surface area contributed by atoms with E-state index in [9.17, 15) is 5.11 Å². The highest BCUT2D eigenvalue weighted by atomic mass is 16.5. The number of aliphatic hydroxyl groups excluding tert-OH is 1. The number of rotatable bonds is 7. The van der Waals surface area contributed by atoms with Crippen molar-refractivity contribution in [2.45, 2.75) is 12.5 Å². The second-order valence-corrected chi connectivity index (χ2v) is 6.78. The molecule has 0 bridgehead atoms. The van der Waals surface area contributed by atoms with Gasteiger partial charge in [-0.15, -0.1) is 0 Å². The monoisotopic (exact) mass is 334 g/mol. The predicted molar refractivity (Wildman–Crippen MR) is 94.1 cm³/mol. The molecule has 3 rings (SSSR count). The van der Waals surface area contributed by atoms with E-state index in [1.165, 1.54) is 5.69 Å². The topological polar surface area (TPSA) is 52.1 Å². The lowest BCUT2D eigenvalue weighted by Gasteiger charge is -2.36. The highest BCUT2D eigenvalue weighted by Crippen LogP contribution is 2.06. The molecule has 1 atom stereocenters. The molecule has 134 valence electrons. The van der Waals surface area contributed by atoms with Gasteiger partial charge in [-0.05, 0) is 12.1 Å². The summed E-state index contributed by atoms with van der Waals surface area (Å²) < 4.78 is 5.35. The third-order valence-corrected chi connectivity index (χ3v) is 4.92. The number of aromatic nitrogens is 1. The molecule has 0 aromatic carbocycles. The van der Waals surface area contributed by atoms with Crippen LogP contribution in [-0.2, 0) is 11.2 Å². The first-order chi connectivity index (χ1) is 11.8. The summed E-state index contributed by atoms with van der Waals surface area (Å²) in [5, 5.41) is 10.3. The van der Waals surface area contributed by atoms with E-state index >= 15 is 0 Å². The molecule has 0 radical (unpaired) electrons. The fourth-order valence-electron chi connectivity index (χ4n) is 3.45. The highest BCUT2D eigenvalue weighted by molar-refractivity contribution is 5.03. The average Bonchev–Trinajstić information content (AvgIpc) is 2.63. The fourth-order valence-corrected chi connectivity index (χ4v) is 3.45. The van der Waals surface area contributed by atoms with Crippen molar-refractivity contribution in [2.24, 2.45) is 0 Å². The van der Waals surface area contributed by atoms with E-state index in [0.29, 0.717) is 0 Å². The van der Waals surface area contributed by atoms with Gasteiger partial charge in [-0.1, -0.05) is 6.07 Å².